The Kier molecular flexibility index (Phi) is 6.81. The van der Waals surface area contributed by atoms with Crippen molar-refractivity contribution in [1.82, 2.24) is 15.5 Å². The number of imide groups is 1. The number of nitrogens with one attached hydrogen (secondary N) is 2. The second kappa shape index (κ2) is 9.96. The lowest BCUT2D eigenvalue weighted by Gasteiger charge is -2.27. The highest BCUT2D eigenvalue weighted by atomic mass is 16.5. The van der Waals surface area contributed by atoms with Crippen molar-refractivity contribution in [2.75, 3.05) is 19.8 Å². The first kappa shape index (κ1) is 23.9. The molecule has 2 N–H and O–H groups in total. The summed E-state index contributed by atoms with van der Waals surface area (Å²) in [6, 6.07) is 9.48. The summed E-state index contributed by atoms with van der Waals surface area (Å²) in [5, 5.41) is 6.51. The van der Waals surface area contributed by atoms with Crippen LogP contribution in [-0.2, 0) is 19.1 Å². The van der Waals surface area contributed by atoms with Crippen LogP contribution < -0.4 is 10.6 Å². The molecule has 4 amide bonds. The molecule has 0 saturated heterocycles. The number of nitrogens with zero attached hydrogens (tertiary/aromatic N) is 1. The fraction of sp³-hybridized carbons (Fsp3) is 0.320. The first-order chi connectivity index (χ1) is 16.8. The van der Waals surface area contributed by atoms with Crippen LogP contribution in [0.5, 0.6) is 0 Å². The predicted octanol–water partition coefficient (Wildman–Crippen LogP) is 2.28. The molecule has 0 aliphatic carbocycles. The van der Waals surface area contributed by atoms with Gasteiger partial charge in [0, 0.05) is 29.5 Å². The maximum atomic E-state index is 12.9. The third kappa shape index (κ3) is 4.72. The van der Waals surface area contributed by atoms with Gasteiger partial charge in [0.1, 0.15) is 6.61 Å². The van der Waals surface area contributed by atoms with Gasteiger partial charge in [0.25, 0.3) is 11.8 Å². The average molecular weight is 479 g/mol. The molecule has 0 saturated carbocycles. The van der Waals surface area contributed by atoms with E-state index in [4.69, 9.17) is 9.47 Å². The van der Waals surface area contributed by atoms with Crippen LogP contribution in [0.4, 0.5) is 4.79 Å². The molecule has 0 spiro atoms. The first-order valence-corrected chi connectivity index (χ1v) is 11.3. The lowest BCUT2D eigenvalue weighted by Crippen LogP contribution is -2.50. The van der Waals surface area contributed by atoms with E-state index in [9.17, 15) is 24.0 Å². The molecule has 2 aliphatic rings. The zero-order chi connectivity index (χ0) is 25.1. The van der Waals surface area contributed by atoms with Gasteiger partial charge in [-0.2, -0.15) is 0 Å². The topological polar surface area (TPSA) is 131 Å². The molecule has 182 valence electrons. The summed E-state index contributed by atoms with van der Waals surface area (Å²) in [5.41, 5.74) is 1.24. The van der Waals surface area contributed by atoms with Gasteiger partial charge in [0.15, 0.2) is 0 Å². The van der Waals surface area contributed by atoms with Crippen LogP contribution in [0.3, 0.4) is 0 Å². The summed E-state index contributed by atoms with van der Waals surface area (Å²) in [7, 11) is 0. The van der Waals surface area contributed by atoms with E-state index >= 15 is 0 Å². The molecule has 0 fully saturated rings. The maximum absolute atomic E-state index is 12.9. The molecule has 10 heteroatoms. The van der Waals surface area contributed by atoms with E-state index in [1.807, 2.05) is 12.1 Å². The SMILES string of the molecule is CCOC(=O)C1=C(COC(=O)CCCN2C(=O)c3cccc4cccc(c34)C2=O)NC(=O)N[C@H]1C. The molecular weight excluding hydrogens is 454 g/mol. The Morgan fingerprint density at radius 2 is 1.66 bits per heavy atom. The molecular formula is C25H25N3O7. The maximum Gasteiger partial charge on any atom is 0.338 e. The number of hydrogen-bond acceptors (Lipinski definition) is 7. The van der Waals surface area contributed by atoms with E-state index in [2.05, 4.69) is 10.6 Å². The highest BCUT2D eigenvalue weighted by molar-refractivity contribution is 6.25. The van der Waals surface area contributed by atoms with Gasteiger partial charge in [-0.15, -0.1) is 0 Å². The predicted molar refractivity (Wildman–Crippen MR) is 124 cm³/mol. The molecule has 1 atom stereocenters. The fourth-order valence-corrected chi connectivity index (χ4v) is 4.28. The van der Waals surface area contributed by atoms with Gasteiger partial charge in [0.2, 0.25) is 0 Å². The number of ether oxygens (including phenoxy) is 2. The van der Waals surface area contributed by atoms with E-state index in [0.29, 0.717) is 16.5 Å². The number of hydrogen-bond donors (Lipinski definition) is 2. The van der Waals surface area contributed by atoms with Gasteiger partial charge >= 0.3 is 18.0 Å². The number of rotatable bonds is 8. The minimum atomic E-state index is -0.615. The Morgan fingerprint density at radius 3 is 2.29 bits per heavy atom. The van der Waals surface area contributed by atoms with Gasteiger partial charge in [-0.3, -0.25) is 19.3 Å². The zero-order valence-corrected chi connectivity index (χ0v) is 19.4. The number of carbonyl (C=O) groups is 5. The summed E-state index contributed by atoms with van der Waals surface area (Å²) in [4.78, 5) is 63.4. The normalized spacial score (nSPS) is 17.3. The number of esters is 2. The average Bonchev–Trinajstić information content (AvgIpc) is 2.83. The first-order valence-electron chi connectivity index (χ1n) is 11.3. The Balaban J connectivity index is 1.37. The highest BCUT2D eigenvalue weighted by Gasteiger charge is 2.33. The second-order valence-electron chi connectivity index (χ2n) is 8.17. The summed E-state index contributed by atoms with van der Waals surface area (Å²) in [6.07, 6.45) is 0.134. The van der Waals surface area contributed by atoms with Crippen molar-refractivity contribution < 1.29 is 33.4 Å². The molecule has 2 aliphatic heterocycles. The molecule has 0 aromatic heterocycles. The summed E-state index contributed by atoms with van der Waals surface area (Å²) >= 11 is 0. The largest absolute Gasteiger partial charge is 0.463 e. The lowest BCUT2D eigenvalue weighted by atomic mass is 9.94. The Hall–Kier alpha value is -4.21. The smallest absolute Gasteiger partial charge is 0.338 e. The van der Waals surface area contributed by atoms with Gasteiger partial charge in [-0.25, -0.2) is 9.59 Å². The van der Waals surface area contributed by atoms with Crippen LogP contribution in [0.1, 0.15) is 47.4 Å². The molecule has 0 radical (unpaired) electrons. The fourth-order valence-electron chi connectivity index (χ4n) is 4.28. The van der Waals surface area contributed by atoms with Gasteiger partial charge in [-0.1, -0.05) is 24.3 Å². The van der Waals surface area contributed by atoms with E-state index < -0.39 is 35.8 Å². The standard InChI is InChI=1S/C25H25N3O7/c1-3-34-24(32)20-14(2)26-25(33)27-18(20)13-35-19(29)11-6-12-28-22(30)16-9-4-7-15-8-5-10-17(21(15)16)23(28)31/h4-5,7-10,14H,3,6,11-13H2,1-2H3,(H2,26,27,33)/t14-/m0/s1. The van der Waals surface area contributed by atoms with Crippen LogP contribution >= 0.6 is 0 Å². The summed E-state index contributed by atoms with van der Waals surface area (Å²) < 4.78 is 10.3. The van der Waals surface area contributed by atoms with E-state index in [1.165, 1.54) is 0 Å². The van der Waals surface area contributed by atoms with Crippen LogP contribution in [0.2, 0.25) is 0 Å². The second-order valence-corrected chi connectivity index (χ2v) is 8.17. The van der Waals surface area contributed by atoms with Gasteiger partial charge in [0.05, 0.1) is 23.9 Å². The van der Waals surface area contributed by atoms with Crippen molar-refractivity contribution in [2.24, 2.45) is 0 Å². The molecule has 2 aromatic rings. The molecule has 0 bridgehead atoms. The van der Waals surface area contributed by atoms with Crippen molar-refractivity contribution in [2.45, 2.75) is 32.7 Å². The zero-order valence-electron chi connectivity index (χ0n) is 19.4. The Bertz CT molecular complexity index is 1220. The van der Waals surface area contributed by atoms with E-state index in [1.54, 1.807) is 38.1 Å². The van der Waals surface area contributed by atoms with Crippen molar-refractivity contribution in [1.29, 1.82) is 0 Å². The van der Waals surface area contributed by atoms with Crippen LogP contribution in [-0.4, -0.2) is 60.5 Å². The third-order valence-electron chi connectivity index (χ3n) is 5.86. The molecule has 2 heterocycles. The van der Waals surface area contributed by atoms with E-state index in [0.717, 1.165) is 10.3 Å². The molecule has 35 heavy (non-hydrogen) atoms. The van der Waals surface area contributed by atoms with E-state index in [-0.39, 0.29) is 43.9 Å². The Labute approximate surface area is 201 Å². The molecule has 10 nitrogen and oxygen atoms in total. The molecule has 2 aromatic carbocycles. The quantitative estimate of drug-likeness (QED) is 0.439. The van der Waals surface area contributed by atoms with Crippen LogP contribution in [0.15, 0.2) is 47.7 Å². The minimum absolute atomic E-state index is 0.0476. The summed E-state index contributed by atoms with van der Waals surface area (Å²) in [5.74, 6) is -2.01. The van der Waals surface area contributed by atoms with Crippen LogP contribution in [0.25, 0.3) is 10.8 Å². The minimum Gasteiger partial charge on any atom is -0.463 e. The van der Waals surface area contributed by atoms with Crippen molar-refractivity contribution >= 4 is 40.6 Å². The number of carbonyl (C=O) groups excluding carboxylic acids is 5. The number of amides is 4. The third-order valence-corrected chi connectivity index (χ3v) is 5.86. The molecule has 4 rings (SSSR count). The monoisotopic (exact) mass is 479 g/mol. The highest BCUT2D eigenvalue weighted by Crippen LogP contribution is 2.30. The Morgan fingerprint density at radius 1 is 1.00 bits per heavy atom. The summed E-state index contributed by atoms with van der Waals surface area (Å²) in [6.45, 7) is 3.17. The van der Waals surface area contributed by atoms with Crippen molar-refractivity contribution in [3.63, 3.8) is 0 Å². The van der Waals surface area contributed by atoms with Gasteiger partial charge in [-0.05, 0) is 37.8 Å². The van der Waals surface area contributed by atoms with Crippen molar-refractivity contribution in [3.8, 4) is 0 Å². The number of benzene rings is 2. The van der Waals surface area contributed by atoms with Gasteiger partial charge < -0.3 is 20.1 Å². The van der Waals surface area contributed by atoms with Crippen LogP contribution in [0, 0.1) is 0 Å². The molecule has 0 unspecified atom stereocenters. The van der Waals surface area contributed by atoms with Crippen molar-refractivity contribution in [3.05, 3.63) is 58.8 Å². The number of urea groups is 1. The lowest BCUT2D eigenvalue weighted by molar-refractivity contribution is -0.143.